The minimum atomic E-state index is -0.343. The van der Waals surface area contributed by atoms with Crippen molar-refractivity contribution < 1.29 is 19.0 Å². The number of rotatable bonds is 9. The highest BCUT2D eigenvalue weighted by Gasteiger charge is 2.14. The van der Waals surface area contributed by atoms with E-state index in [4.69, 9.17) is 14.2 Å². The molecule has 0 saturated heterocycles. The Bertz CT molecular complexity index is 1700. The Labute approximate surface area is 221 Å². The smallest absolute Gasteiger partial charge is 0.291 e. The molecule has 10 nitrogen and oxygen atoms in total. The number of pyridine rings is 1. The van der Waals surface area contributed by atoms with E-state index in [9.17, 15) is 9.59 Å². The highest BCUT2D eigenvalue weighted by Crippen LogP contribution is 2.29. The summed E-state index contributed by atoms with van der Waals surface area (Å²) in [6.07, 6.45) is 5.05. The quantitative estimate of drug-likeness (QED) is 0.310. The fraction of sp³-hybridized carbons (Fsp3) is 0.148. The number of methoxy groups -OCH3 is 1. The van der Waals surface area contributed by atoms with E-state index in [0.717, 1.165) is 11.1 Å². The van der Waals surface area contributed by atoms with Gasteiger partial charge in [-0.2, -0.15) is 9.50 Å². The molecular weight excluding hydrogens is 506 g/mol. The summed E-state index contributed by atoms with van der Waals surface area (Å²) in [6, 6.07) is 15.9. The van der Waals surface area contributed by atoms with Crippen molar-refractivity contribution in [2.75, 3.05) is 25.6 Å². The average Bonchev–Trinajstić information content (AvgIpc) is 3.48. The van der Waals surface area contributed by atoms with Crippen LogP contribution in [0.25, 0.3) is 22.4 Å². The van der Waals surface area contributed by atoms with Gasteiger partial charge in [0.1, 0.15) is 5.75 Å². The van der Waals surface area contributed by atoms with Crippen LogP contribution in [0, 0.1) is 0 Å². The van der Waals surface area contributed by atoms with Crippen molar-refractivity contribution in [1.29, 1.82) is 0 Å². The van der Waals surface area contributed by atoms with Crippen LogP contribution in [0.2, 0.25) is 0 Å². The van der Waals surface area contributed by atoms with E-state index in [0.29, 0.717) is 44.9 Å². The molecule has 2 aromatic carbocycles. The molecular formula is C27H23N5O5S. The van der Waals surface area contributed by atoms with Crippen LogP contribution in [-0.2, 0) is 4.79 Å². The van der Waals surface area contributed by atoms with Gasteiger partial charge in [-0.3, -0.25) is 14.6 Å². The van der Waals surface area contributed by atoms with E-state index < -0.39 is 0 Å². The van der Waals surface area contributed by atoms with E-state index in [1.54, 1.807) is 67.0 Å². The van der Waals surface area contributed by atoms with Crippen molar-refractivity contribution in [2.45, 2.75) is 6.92 Å². The molecule has 0 spiro atoms. The third kappa shape index (κ3) is 5.32. The van der Waals surface area contributed by atoms with Crippen LogP contribution in [0.4, 0.5) is 5.69 Å². The summed E-state index contributed by atoms with van der Waals surface area (Å²) < 4.78 is 18.5. The summed E-state index contributed by atoms with van der Waals surface area (Å²) in [7, 11) is 1.54. The number of nitrogens with one attached hydrogen (secondary N) is 1. The predicted molar refractivity (Wildman–Crippen MR) is 144 cm³/mol. The molecule has 5 aromatic rings. The van der Waals surface area contributed by atoms with Gasteiger partial charge in [0.05, 0.1) is 23.9 Å². The van der Waals surface area contributed by atoms with Crippen molar-refractivity contribution in [3.05, 3.63) is 87.4 Å². The number of thiazole rings is 1. The lowest BCUT2D eigenvalue weighted by Crippen LogP contribution is -2.23. The van der Waals surface area contributed by atoms with E-state index in [2.05, 4.69) is 20.4 Å². The molecule has 0 unspecified atom stereocenters. The maximum absolute atomic E-state index is 12.9. The molecule has 1 amide bonds. The molecule has 0 bridgehead atoms. The second-order valence-electron chi connectivity index (χ2n) is 7.96. The Morgan fingerprint density at radius 3 is 2.63 bits per heavy atom. The van der Waals surface area contributed by atoms with Crippen LogP contribution >= 0.6 is 11.3 Å². The number of aromatic nitrogens is 4. The van der Waals surface area contributed by atoms with Gasteiger partial charge in [-0.25, -0.2) is 0 Å². The number of benzene rings is 2. The monoisotopic (exact) mass is 529 g/mol. The normalized spacial score (nSPS) is 11.5. The van der Waals surface area contributed by atoms with Crippen molar-refractivity contribution >= 4 is 34.0 Å². The molecule has 38 heavy (non-hydrogen) atoms. The topological polar surface area (TPSA) is 117 Å². The number of ether oxygens (including phenoxy) is 3. The molecule has 0 aliphatic carbocycles. The largest absolute Gasteiger partial charge is 0.495 e. The van der Waals surface area contributed by atoms with Gasteiger partial charge in [0, 0.05) is 18.0 Å². The Morgan fingerprint density at radius 2 is 1.87 bits per heavy atom. The number of anilines is 1. The van der Waals surface area contributed by atoms with Crippen molar-refractivity contribution in [3.63, 3.8) is 0 Å². The predicted octanol–water partition coefficient (Wildman–Crippen LogP) is 3.19. The van der Waals surface area contributed by atoms with Gasteiger partial charge in [0.25, 0.3) is 11.5 Å². The molecule has 0 fully saturated rings. The number of hydrogen-bond donors (Lipinski definition) is 1. The number of fused-ring (bicyclic) bond motifs is 1. The zero-order valence-electron chi connectivity index (χ0n) is 20.6. The number of nitrogens with zero attached hydrogens (tertiary/aromatic N) is 4. The van der Waals surface area contributed by atoms with Gasteiger partial charge >= 0.3 is 0 Å². The number of amides is 1. The number of carbonyl (C=O) groups is 1. The minimum absolute atomic E-state index is 0.223. The third-order valence-electron chi connectivity index (χ3n) is 5.43. The van der Waals surface area contributed by atoms with Crippen molar-refractivity contribution in [3.8, 4) is 28.6 Å². The Kier molecular flexibility index (Phi) is 7.27. The summed E-state index contributed by atoms with van der Waals surface area (Å²) in [4.78, 5) is 34.4. The summed E-state index contributed by atoms with van der Waals surface area (Å²) in [5.74, 6) is 1.55. The standard InChI is InChI=1S/C27H23N5O5S/c1-3-36-22-14-17(8-9-21(22)37-16-24(33)29-19-6-4-5-7-20(19)35-2)15-23-26(34)32-27(38-23)30-25(31-32)18-10-12-28-13-11-18/h4-15H,3,16H2,1-2H3,(H,29,33)/b23-15-. The van der Waals surface area contributed by atoms with Crippen molar-refractivity contribution in [2.24, 2.45) is 0 Å². The molecule has 0 saturated carbocycles. The molecule has 3 aromatic heterocycles. The fourth-order valence-corrected chi connectivity index (χ4v) is 4.60. The first kappa shape index (κ1) is 24.9. The lowest BCUT2D eigenvalue weighted by molar-refractivity contribution is -0.118. The molecule has 0 aliphatic heterocycles. The van der Waals surface area contributed by atoms with Crippen LogP contribution in [-0.4, -0.2) is 45.8 Å². The van der Waals surface area contributed by atoms with Crippen LogP contribution in [0.15, 0.2) is 71.8 Å². The maximum Gasteiger partial charge on any atom is 0.291 e. The first-order chi connectivity index (χ1) is 18.6. The maximum atomic E-state index is 12.9. The van der Waals surface area contributed by atoms with Gasteiger partial charge in [-0.15, -0.1) is 5.10 Å². The molecule has 11 heteroatoms. The molecule has 3 heterocycles. The zero-order chi connectivity index (χ0) is 26.5. The van der Waals surface area contributed by atoms with Gasteiger partial charge in [-0.05, 0) is 55.0 Å². The number of hydrogen-bond acceptors (Lipinski definition) is 9. The van der Waals surface area contributed by atoms with Gasteiger partial charge in [0.2, 0.25) is 4.96 Å². The minimum Gasteiger partial charge on any atom is -0.495 e. The molecule has 1 N–H and O–H groups in total. The number of para-hydroxylation sites is 2. The first-order valence-corrected chi connectivity index (χ1v) is 12.5. The first-order valence-electron chi connectivity index (χ1n) is 11.7. The summed E-state index contributed by atoms with van der Waals surface area (Å²) in [6.45, 7) is 2.03. The molecule has 0 atom stereocenters. The third-order valence-corrected chi connectivity index (χ3v) is 6.38. The second kappa shape index (κ2) is 11.1. The lowest BCUT2D eigenvalue weighted by Gasteiger charge is -2.13. The van der Waals surface area contributed by atoms with Gasteiger partial charge < -0.3 is 19.5 Å². The Balaban J connectivity index is 1.34. The van der Waals surface area contributed by atoms with Crippen LogP contribution in [0.1, 0.15) is 12.5 Å². The summed E-state index contributed by atoms with van der Waals surface area (Å²) in [5, 5.41) is 7.12. The Morgan fingerprint density at radius 1 is 1.05 bits per heavy atom. The van der Waals surface area contributed by atoms with Crippen LogP contribution in [0.3, 0.4) is 0 Å². The van der Waals surface area contributed by atoms with E-state index in [1.165, 1.54) is 23.0 Å². The highest BCUT2D eigenvalue weighted by atomic mass is 32.1. The number of carbonyl (C=O) groups excluding carboxylic acids is 1. The zero-order valence-corrected chi connectivity index (χ0v) is 21.4. The highest BCUT2D eigenvalue weighted by molar-refractivity contribution is 7.15. The van der Waals surface area contributed by atoms with Crippen LogP contribution < -0.4 is 29.6 Å². The van der Waals surface area contributed by atoms with Gasteiger partial charge in [0.15, 0.2) is 23.9 Å². The van der Waals surface area contributed by atoms with E-state index in [-0.39, 0.29) is 18.1 Å². The summed E-state index contributed by atoms with van der Waals surface area (Å²) >= 11 is 1.25. The SMILES string of the molecule is CCOc1cc(/C=c2\sc3nc(-c4ccncc4)nn3c2=O)ccc1OCC(=O)Nc1ccccc1OC. The fourth-order valence-electron chi connectivity index (χ4n) is 3.69. The lowest BCUT2D eigenvalue weighted by atomic mass is 10.2. The second-order valence-corrected chi connectivity index (χ2v) is 8.97. The molecule has 5 rings (SSSR count). The van der Waals surface area contributed by atoms with E-state index in [1.807, 2.05) is 13.0 Å². The molecule has 0 aliphatic rings. The molecule has 0 radical (unpaired) electrons. The van der Waals surface area contributed by atoms with E-state index >= 15 is 0 Å². The average molecular weight is 530 g/mol. The van der Waals surface area contributed by atoms with Gasteiger partial charge in [-0.1, -0.05) is 29.5 Å². The van der Waals surface area contributed by atoms with Crippen LogP contribution in [0.5, 0.6) is 17.2 Å². The summed E-state index contributed by atoms with van der Waals surface area (Å²) in [5.41, 5.74) is 1.81. The van der Waals surface area contributed by atoms with Crippen molar-refractivity contribution in [1.82, 2.24) is 19.6 Å². The molecule has 192 valence electrons. The Hall–Kier alpha value is -4.77.